The highest BCUT2D eigenvalue weighted by Crippen LogP contribution is 2.25. The van der Waals surface area contributed by atoms with Crippen LogP contribution in [0.2, 0.25) is 0 Å². The summed E-state index contributed by atoms with van der Waals surface area (Å²) in [7, 11) is 0. The van der Waals surface area contributed by atoms with Crippen molar-refractivity contribution in [2.75, 3.05) is 0 Å². The fraction of sp³-hybridized carbons (Fsp3) is 0.583. The number of rotatable bonds is 3. The Hall–Kier alpha value is -1.05. The molecule has 0 aliphatic heterocycles. The van der Waals surface area contributed by atoms with E-state index in [1.165, 1.54) is 24.8 Å². The van der Waals surface area contributed by atoms with Crippen LogP contribution in [-0.4, -0.2) is 11.1 Å². The first-order valence-electron chi connectivity index (χ1n) is 5.38. The third-order valence-electron chi connectivity index (χ3n) is 2.77. The van der Waals surface area contributed by atoms with Gasteiger partial charge in [-0.3, -0.25) is 0 Å². The highest BCUT2D eigenvalue weighted by molar-refractivity contribution is 5.23. The molecule has 2 heteroatoms. The summed E-state index contributed by atoms with van der Waals surface area (Å²) in [6.07, 6.45) is 5.93. The van der Waals surface area contributed by atoms with Gasteiger partial charge in [-0.05, 0) is 36.8 Å². The van der Waals surface area contributed by atoms with Crippen molar-refractivity contribution >= 4 is 0 Å². The third kappa shape index (κ3) is 2.06. The van der Waals surface area contributed by atoms with E-state index < -0.39 is 0 Å². The number of ether oxygens (including phenoxy) is 1. The predicted molar refractivity (Wildman–Crippen MR) is 56.6 cm³/mol. The molecule has 14 heavy (non-hydrogen) atoms. The second-order valence-corrected chi connectivity index (χ2v) is 4.25. The number of pyridine rings is 1. The van der Waals surface area contributed by atoms with Crippen molar-refractivity contribution in [2.24, 2.45) is 0 Å². The zero-order chi connectivity index (χ0) is 9.97. The van der Waals surface area contributed by atoms with Crippen molar-refractivity contribution in [1.29, 1.82) is 0 Å². The van der Waals surface area contributed by atoms with Gasteiger partial charge in [0.25, 0.3) is 0 Å². The molecular weight excluding hydrogens is 174 g/mol. The Morgan fingerprint density at radius 1 is 1.43 bits per heavy atom. The van der Waals surface area contributed by atoms with Gasteiger partial charge in [-0.1, -0.05) is 13.8 Å². The molecule has 2 rings (SSSR count). The fourth-order valence-electron chi connectivity index (χ4n) is 1.51. The van der Waals surface area contributed by atoms with Crippen LogP contribution in [0.5, 0.6) is 5.88 Å². The maximum atomic E-state index is 5.73. The molecule has 0 bridgehead atoms. The van der Waals surface area contributed by atoms with Crippen LogP contribution < -0.4 is 4.74 Å². The van der Waals surface area contributed by atoms with Gasteiger partial charge in [0.15, 0.2) is 0 Å². The molecule has 1 aromatic rings. The van der Waals surface area contributed by atoms with Crippen LogP contribution in [0, 0.1) is 0 Å². The maximum Gasteiger partial charge on any atom is 0.213 e. The minimum atomic E-state index is 0.421. The van der Waals surface area contributed by atoms with Crippen LogP contribution in [0.4, 0.5) is 0 Å². The molecule has 2 nitrogen and oxygen atoms in total. The lowest BCUT2D eigenvalue weighted by Gasteiger charge is -2.25. The summed E-state index contributed by atoms with van der Waals surface area (Å²) in [4.78, 5) is 4.22. The van der Waals surface area contributed by atoms with Gasteiger partial charge in [-0.2, -0.15) is 0 Å². The minimum Gasteiger partial charge on any atom is -0.474 e. The quantitative estimate of drug-likeness (QED) is 0.732. The van der Waals surface area contributed by atoms with Crippen molar-refractivity contribution in [2.45, 2.75) is 45.1 Å². The molecule has 0 aromatic carbocycles. The molecule has 0 N–H and O–H groups in total. The molecule has 76 valence electrons. The highest BCUT2D eigenvalue weighted by atomic mass is 16.5. The predicted octanol–water partition coefficient (Wildman–Crippen LogP) is 3.14. The van der Waals surface area contributed by atoms with Gasteiger partial charge in [0.1, 0.15) is 6.10 Å². The third-order valence-corrected chi connectivity index (χ3v) is 2.77. The standard InChI is InChI=1S/C12H17NO/c1-9(2)10-6-7-13-12(8-10)14-11-4-3-5-11/h6-9,11H,3-5H2,1-2H3. The van der Waals surface area contributed by atoms with Crippen molar-refractivity contribution in [3.8, 4) is 5.88 Å². The Morgan fingerprint density at radius 2 is 2.21 bits per heavy atom. The summed E-state index contributed by atoms with van der Waals surface area (Å²) < 4.78 is 5.73. The van der Waals surface area contributed by atoms with E-state index in [0.29, 0.717) is 12.0 Å². The first-order valence-corrected chi connectivity index (χ1v) is 5.38. The Labute approximate surface area is 85.3 Å². The van der Waals surface area contributed by atoms with Crippen molar-refractivity contribution in [3.63, 3.8) is 0 Å². The lowest BCUT2D eigenvalue weighted by atomic mass is 9.96. The highest BCUT2D eigenvalue weighted by Gasteiger charge is 2.19. The first kappa shape index (κ1) is 9.50. The summed E-state index contributed by atoms with van der Waals surface area (Å²) in [5.74, 6) is 1.34. The molecular formula is C12H17NO. The Bertz CT molecular complexity index is 305. The second-order valence-electron chi connectivity index (χ2n) is 4.25. The molecule has 1 aromatic heterocycles. The van der Waals surface area contributed by atoms with Gasteiger partial charge in [0.2, 0.25) is 5.88 Å². The minimum absolute atomic E-state index is 0.421. The Morgan fingerprint density at radius 3 is 2.79 bits per heavy atom. The first-order chi connectivity index (χ1) is 6.75. The van der Waals surface area contributed by atoms with E-state index in [-0.39, 0.29) is 0 Å². The van der Waals surface area contributed by atoms with Crippen LogP contribution in [-0.2, 0) is 0 Å². The molecule has 1 fully saturated rings. The van der Waals surface area contributed by atoms with Crippen LogP contribution in [0.15, 0.2) is 18.3 Å². The van der Waals surface area contributed by atoms with E-state index in [1.54, 1.807) is 0 Å². The Balaban J connectivity index is 2.05. The molecule has 0 radical (unpaired) electrons. The van der Waals surface area contributed by atoms with E-state index in [9.17, 15) is 0 Å². The second kappa shape index (κ2) is 3.99. The number of aromatic nitrogens is 1. The van der Waals surface area contributed by atoms with Crippen LogP contribution in [0.3, 0.4) is 0 Å². The van der Waals surface area contributed by atoms with Gasteiger partial charge in [0.05, 0.1) is 0 Å². The molecule has 0 amide bonds. The largest absolute Gasteiger partial charge is 0.474 e. The molecule has 0 unspecified atom stereocenters. The van der Waals surface area contributed by atoms with Gasteiger partial charge in [0, 0.05) is 12.3 Å². The molecule has 0 spiro atoms. The lowest BCUT2D eigenvalue weighted by molar-refractivity contribution is 0.114. The monoisotopic (exact) mass is 191 g/mol. The summed E-state index contributed by atoms with van der Waals surface area (Å²) in [6.45, 7) is 4.37. The molecule has 1 saturated carbocycles. The van der Waals surface area contributed by atoms with Gasteiger partial charge >= 0.3 is 0 Å². The SMILES string of the molecule is CC(C)c1ccnc(OC2CCC2)c1. The van der Waals surface area contributed by atoms with E-state index in [0.717, 1.165) is 5.88 Å². The van der Waals surface area contributed by atoms with Crippen molar-refractivity contribution < 1.29 is 4.74 Å². The summed E-state index contributed by atoms with van der Waals surface area (Å²) >= 11 is 0. The number of hydrogen-bond donors (Lipinski definition) is 0. The van der Waals surface area contributed by atoms with Crippen LogP contribution in [0.1, 0.15) is 44.6 Å². The van der Waals surface area contributed by atoms with E-state index >= 15 is 0 Å². The summed E-state index contributed by atoms with van der Waals surface area (Å²) in [6, 6.07) is 4.11. The average molecular weight is 191 g/mol. The topological polar surface area (TPSA) is 22.1 Å². The van der Waals surface area contributed by atoms with Crippen LogP contribution >= 0.6 is 0 Å². The van der Waals surface area contributed by atoms with Gasteiger partial charge in [-0.15, -0.1) is 0 Å². The average Bonchev–Trinajstić information content (AvgIpc) is 2.12. The summed E-state index contributed by atoms with van der Waals surface area (Å²) in [5.41, 5.74) is 1.30. The van der Waals surface area contributed by atoms with Gasteiger partial charge in [-0.25, -0.2) is 4.98 Å². The molecule has 0 atom stereocenters. The van der Waals surface area contributed by atoms with E-state index in [2.05, 4.69) is 31.0 Å². The zero-order valence-corrected chi connectivity index (χ0v) is 8.86. The normalized spacial score (nSPS) is 16.8. The van der Waals surface area contributed by atoms with Crippen molar-refractivity contribution in [3.05, 3.63) is 23.9 Å². The molecule has 1 heterocycles. The maximum absolute atomic E-state index is 5.73. The summed E-state index contributed by atoms with van der Waals surface area (Å²) in [5, 5.41) is 0. The number of hydrogen-bond acceptors (Lipinski definition) is 2. The van der Waals surface area contributed by atoms with E-state index in [1.807, 2.05) is 6.20 Å². The molecule has 0 saturated heterocycles. The smallest absolute Gasteiger partial charge is 0.213 e. The molecule has 1 aliphatic carbocycles. The Kier molecular flexibility index (Phi) is 2.71. The van der Waals surface area contributed by atoms with Gasteiger partial charge < -0.3 is 4.74 Å². The zero-order valence-electron chi connectivity index (χ0n) is 8.86. The van der Waals surface area contributed by atoms with E-state index in [4.69, 9.17) is 4.74 Å². The van der Waals surface area contributed by atoms with Crippen molar-refractivity contribution in [1.82, 2.24) is 4.98 Å². The molecule has 1 aliphatic rings. The number of nitrogens with zero attached hydrogens (tertiary/aromatic N) is 1. The van der Waals surface area contributed by atoms with Crippen LogP contribution in [0.25, 0.3) is 0 Å². The fourth-order valence-corrected chi connectivity index (χ4v) is 1.51. The lowest BCUT2D eigenvalue weighted by Crippen LogP contribution is -2.24.